The summed E-state index contributed by atoms with van der Waals surface area (Å²) in [5.74, 6) is -0.0673. The van der Waals surface area contributed by atoms with Crippen LogP contribution < -0.4 is 14.8 Å². The van der Waals surface area contributed by atoms with E-state index in [4.69, 9.17) is 9.47 Å². The molecule has 0 radical (unpaired) electrons. The Hall–Kier alpha value is -2.83. The highest BCUT2D eigenvalue weighted by molar-refractivity contribution is 6.06. The molecule has 0 spiro atoms. The Bertz CT molecular complexity index is 732. The van der Waals surface area contributed by atoms with Gasteiger partial charge in [-0.15, -0.1) is 0 Å². The third-order valence-corrected chi connectivity index (χ3v) is 4.84. The second-order valence-corrected chi connectivity index (χ2v) is 6.35. The standard InChI is InChI=1S/C19H22N2O5/c1-25-12-7-8-15(16(11-12)26-2)20-17(22)9-10-21-18(23)13-5-3-4-6-14(13)19(21)24/h3-4,7-8,11,13-14H,5-6,9-10H2,1-2H3,(H,20,22)/t13-,14-/m1/s1. The minimum absolute atomic E-state index is 0.0412. The van der Waals surface area contributed by atoms with Crippen LogP contribution in [0.5, 0.6) is 11.5 Å². The molecule has 7 nitrogen and oxygen atoms in total. The first-order valence-corrected chi connectivity index (χ1v) is 8.57. The van der Waals surface area contributed by atoms with Gasteiger partial charge in [0.2, 0.25) is 17.7 Å². The van der Waals surface area contributed by atoms with Crippen molar-refractivity contribution < 1.29 is 23.9 Å². The molecule has 138 valence electrons. The van der Waals surface area contributed by atoms with Crippen molar-refractivity contribution in [1.82, 2.24) is 4.90 Å². The number of hydrogen-bond donors (Lipinski definition) is 1. The van der Waals surface area contributed by atoms with Gasteiger partial charge in [0.25, 0.3) is 0 Å². The molecule has 7 heteroatoms. The Morgan fingerprint density at radius 1 is 1.12 bits per heavy atom. The van der Waals surface area contributed by atoms with Gasteiger partial charge in [0, 0.05) is 19.0 Å². The lowest BCUT2D eigenvalue weighted by Gasteiger charge is -2.15. The number of nitrogens with one attached hydrogen (secondary N) is 1. The number of amides is 3. The molecule has 0 saturated carbocycles. The number of hydrogen-bond acceptors (Lipinski definition) is 5. The molecular formula is C19H22N2O5. The Kier molecular flexibility index (Phi) is 5.25. The number of fused-ring (bicyclic) bond motifs is 1. The molecule has 2 atom stereocenters. The summed E-state index contributed by atoms with van der Waals surface area (Å²) in [6.07, 6.45) is 5.12. The van der Waals surface area contributed by atoms with Gasteiger partial charge in [-0.3, -0.25) is 19.3 Å². The zero-order valence-electron chi connectivity index (χ0n) is 14.9. The maximum atomic E-state index is 12.4. The average Bonchev–Trinajstić information content (AvgIpc) is 2.91. The second-order valence-electron chi connectivity index (χ2n) is 6.35. The van der Waals surface area contributed by atoms with Crippen molar-refractivity contribution in [3.05, 3.63) is 30.4 Å². The van der Waals surface area contributed by atoms with E-state index in [-0.39, 0.29) is 42.5 Å². The maximum absolute atomic E-state index is 12.4. The van der Waals surface area contributed by atoms with Crippen LogP contribution in [-0.4, -0.2) is 43.4 Å². The van der Waals surface area contributed by atoms with E-state index in [1.165, 1.54) is 12.0 Å². The van der Waals surface area contributed by atoms with E-state index in [1.807, 2.05) is 12.2 Å². The number of benzene rings is 1. The molecule has 3 amide bonds. The van der Waals surface area contributed by atoms with Crippen molar-refractivity contribution in [3.63, 3.8) is 0 Å². The predicted octanol–water partition coefficient (Wildman–Crippen LogP) is 1.98. The van der Waals surface area contributed by atoms with E-state index in [0.717, 1.165) is 0 Å². The topological polar surface area (TPSA) is 84.9 Å². The number of likely N-dealkylation sites (tertiary alicyclic amines) is 1. The number of imide groups is 1. The Morgan fingerprint density at radius 3 is 2.35 bits per heavy atom. The molecule has 1 aromatic carbocycles. The van der Waals surface area contributed by atoms with Gasteiger partial charge in [-0.2, -0.15) is 0 Å². The fraction of sp³-hybridized carbons (Fsp3) is 0.421. The molecule has 2 aliphatic rings. The number of carbonyl (C=O) groups is 3. The van der Waals surface area contributed by atoms with Gasteiger partial charge in [-0.25, -0.2) is 0 Å². The van der Waals surface area contributed by atoms with Crippen LogP contribution >= 0.6 is 0 Å². The van der Waals surface area contributed by atoms with Crippen LogP contribution in [0.25, 0.3) is 0 Å². The monoisotopic (exact) mass is 358 g/mol. The highest BCUT2D eigenvalue weighted by Crippen LogP contribution is 2.35. The highest BCUT2D eigenvalue weighted by Gasteiger charge is 2.46. The largest absolute Gasteiger partial charge is 0.497 e. The number of allylic oxidation sites excluding steroid dienone is 2. The molecule has 1 fully saturated rings. The van der Waals surface area contributed by atoms with Gasteiger partial charge in [0.15, 0.2) is 0 Å². The number of anilines is 1. The second kappa shape index (κ2) is 7.59. The van der Waals surface area contributed by atoms with Crippen LogP contribution in [0.4, 0.5) is 5.69 Å². The highest BCUT2D eigenvalue weighted by atomic mass is 16.5. The van der Waals surface area contributed by atoms with Crippen molar-refractivity contribution in [3.8, 4) is 11.5 Å². The summed E-state index contributed by atoms with van der Waals surface area (Å²) in [4.78, 5) is 38.3. The van der Waals surface area contributed by atoms with E-state index in [1.54, 1.807) is 25.3 Å². The summed E-state index contributed by atoms with van der Waals surface area (Å²) in [7, 11) is 3.05. The maximum Gasteiger partial charge on any atom is 0.233 e. The summed E-state index contributed by atoms with van der Waals surface area (Å²) in [6.45, 7) is 0.0922. The van der Waals surface area contributed by atoms with Gasteiger partial charge >= 0.3 is 0 Å². The summed E-state index contributed by atoms with van der Waals surface area (Å²) in [6, 6.07) is 5.06. The molecule has 1 heterocycles. The zero-order valence-corrected chi connectivity index (χ0v) is 14.9. The van der Waals surface area contributed by atoms with Gasteiger partial charge in [-0.05, 0) is 25.0 Å². The molecule has 1 N–H and O–H groups in total. The quantitative estimate of drug-likeness (QED) is 0.621. The van der Waals surface area contributed by atoms with E-state index in [9.17, 15) is 14.4 Å². The number of nitrogens with zero attached hydrogens (tertiary/aromatic N) is 1. The number of carbonyl (C=O) groups excluding carboxylic acids is 3. The normalized spacial score (nSPS) is 21.5. The van der Waals surface area contributed by atoms with Gasteiger partial charge in [0.05, 0.1) is 31.7 Å². The third kappa shape index (κ3) is 3.42. The van der Waals surface area contributed by atoms with Crippen LogP contribution in [0.1, 0.15) is 19.3 Å². The Balaban J connectivity index is 1.60. The molecule has 3 rings (SSSR count). The van der Waals surface area contributed by atoms with Gasteiger partial charge in [-0.1, -0.05) is 12.2 Å². The Morgan fingerprint density at radius 2 is 1.77 bits per heavy atom. The van der Waals surface area contributed by atoms with Crippen LogP contribution in [-0.2, 0) is 14.4 Å². The molecule has 1 aliphatic carbocycles. The van der Waals surface area contributed by atoms with Crippen molar-refractivity contribution >= 4 is 23.4 Å². The molecular weight excluding hydrogens is 336 g/mol. The number of rotatable bonds is 6. The van der Waals surface area contributed by atoms with E-state index in [2.05, 4.69) is 5.32 Å². The van der Waals surface area contributed by atoms with Crippen LogP contribution in [0.3, 0.4) is 0 Å². The molecule has 0 bridgehead atoms. The minimum Gasteiger partial charge on any atom is -0.497 e. The predicted molar refractivity (Wildman–Crippen MR) is 94.9 cm³/mol. The van der Waals surface area contributed by atoms with Gasteiger partial charge < -0.3 is 14.8 Å². The molecule has 0 unspecified atom stereocenters. The van der Waals surface area contributed by atoms with Crippen LogP contribution in [0.15, 0.2) is 30.4 Å². The lowest BCUT2D eigenvalue weighted by molar-refractivity contribution is -0.140. The fourth-order valence-corrected chi connectivity index (χ4v) is 3.42. The summed E-state index contributed by atoms with van der Waals surface area (Å²) >= 11 is 0. The van der Waals surface area contributed by atoms with Crippen molar-refractivity contribution in [1.29, 1.82) is 0 Å². The first-order valence-electron chi connectivity index (χ1n) is 8.57. The molecule has 26 heavy (non-hydrogen) atoms. The van der Waals surface area contributed by atoms with E-state index < -0.39 is 0 Å². The molecule has 1 aliphatic heterocycles. The summed E-state index contributed by atoms with van der Waals surface area (Å²) in [5, 5.41) is 2.75. The van der Waals surface area contributed by atoms with Crippen molar-refractivity contribution in [2.75, 3.05) is 26.1 Å². The summed E-state index contributed by atoms with van der Waals surface area (Å²) < 4.78 is 10.4. The van der Waals surface area contributed by atoms with Crippen LogP contribution in [0, 0.1) is 11.8 Å². The first kappa shape index (κ1) is 18.0. The first-order chi connectivity index (χ1) is 12.5. The van der Waals surface area contributed by atoms with Crippen LogP contribution in [0.2, 0.25) is 0 Å². The lowest BCUT2D eigenvalue weighted by Crippen LogP contribution is -2.34. The van der Waals surface area contributed by atoms with Gasteiger partial charge in [0.1, 0.15) is 11.5 Å². The fourth-order valence-electron chi connectivity index (χ4n) is 3.42. The molecule has 1 saturated heterocycles. The van der Waals surface area contributed by atoms with E-state index in [0.29, 0.717) is 30.0 Å². The zero-order chi connectivity index (χ0) is 18.7. The Labute approximate surface area is 151 Å². The SMILES string of the molecule is COc1ccc(NC(=O)CCN2C(=O)[C@@H]3CC=CC[C@H]3C2=O)c(OC)c1. The average molecular weight is 358 g/mol. The van der Waals surface area contributed by atoms with Crippen molar-refractivity contribution in [2.45, 2.75) is 19.3 Å². The van der Waals surface area contributed by atoms with Crippen molar-refractivity contribution in [2.24, 2.45) is 11.8 Å². The minimum atomic E-state index is -0.290. The number of ether oxygens (including phenoxy) is 2. The third-order valence-electron chi connectivity index (χ3n) is 4.84. The molecule has 0 aromatic heterocycles. The lowest BCUT2D eigenvalue weighted by atomic mass is 9.85. The molecule has 1 aromatic rings. The summed E-state index contributed by atoms with van der Waals surface area (Å²) in [5.41, 5.74) is 0.509. The smallest absolute Gasteiger partial charge is 0.233 e. The number of methoxy groups -OCH3 is 2. The van der Waals surface area contributed by atoms with E-state index >= 15 is 0 Å².